The molecule has 0 bridgehead atoms. The Morgan fingerprint density at radius 2 is 1.67 bits per heavy atom. The summed E-state index contributed by atoms with van der Waals surface area (Å²) in [6.07, 6.45) is 5.80. The Morgan fingerprint density at radius 1 is 0.933 bits per heavy atom. The maximum atomic E-state index is 4.43. The molecule has 0 amide bonds. The topological polar surface area (TPSA) is 39.0 Å². The molecule has 6 rings (SSSR count). The zero-order valence-corrected chi connectivity index (χ0v) is 18.4. The van der Waals surface area contributed by atoms with Crippen LogP contribution in [0.15, 0.2) is 48.9 Å². The van der Waals surface area contributed by atoms with Crippen molar-refractivity contribution in [3.63, 3.8) is 0 Å². The molecule has 2 aromatic carbocycles. The van der Waals surface area contributed by atoms with E-state index in [4.69, 9.17) is 0 Å². The quantitative estimate of drug-likeness (QED) is 0.308. The van der Waals surface area contributed by atoms with Crippen molar-refractivity contribution in [3.8, 4) is 5.69 Å². The lowest BCUT2D eigenvalue weighted by molar-refractivity contribution is -0.643. The minimum Gasteiger partial charge on any atom is -0.232 e. The lowest BCUT2D eigenvalue weighted by atomic mass is 9.60. The Kier molecular flexibility index (Phi) is 3.10. The summed E-state index contributed by atoms with van der Waals surface area (Å²) in [7, 11) is 2.17. The van der Waals surface area contributed by atoms with Crippen molar-refractivity contribution in [1.82, 2.24) is 19.4 Å². The van der Waals surface area contributed by atoms with Gasteiger partial charge in [0.25, 0.3) is 5.65 Å². The van der Waals surface area contributed by atoms with E-state index in [1.54, 1.807) is 17.2 Å². The number of rotatable bonds is 1. The van der Waals surface area contributed by atoms with Crippen LogP contribution < -0.4 is 4.57 Å². The number of fused-ring (bicyclic) bond motifs is 3. The second kappa shape index (κ2) is 5.28. The summed E-state index contributed by atoms with van der Waals surface area (Å²) in [4.78, 5) is 1.73. The van der Waals surface area contributed by atoms with Gasteiger partial charge in [-0.3, -0.25) is 0 Å². The van der Waals surface area contributed by atoms with Gasteiger partial charge in [-0.1, -0.05) is 45.9 Å². The summed E-state index contributed by atoms with van der Waals surface area (Å²) >= 11 is 0. The van der Waals surface area contributed by atoms with Crippen LogP contribution in [0, 0.1) is 6.92 Å². The monoisotopic (exact) mass is 396 g/mol. The second-order valence-electron chi connectivity index (χ2n) is 9.74. The molecule has 5 aromatic rings. The van der Waals surface area contributed by atoms with Gasteiger partial charge >= 0.3 is 0 Å². The molecule has 1 aliphatic rings. The third-order valence-corrected chi connectivity index (χ3v) is 7.73. The van der Waals surface area contributed by atoms with Crippen molar-refractivity contribution in [2.24, 2.45) is 7.05 Å². The summed E-state index contributed by atoms with van der Waals surface area (Å²) < 4.78 is 4.81. The molecule has 0 fully saturated rings. The van der Waals surface area contributed by atoms with Crippen LogP contribution in [0.1, 0.15) is 44.5 Å². The predicted molar refractivity (Wildman–Crippen MR) is 119 cm³/mol. The first-order valence-electron chi connectivity index (χ1n) is 10.5. The van der Waals surface area contributed by atoms with E-state index in [2.05, 4.69) is 97.4 Å². The van der Waals surface area contributed by atoms with Gasteiger partial charge in [0.1, 0.15) is 11.7 Å². The highest BCUT2D eigenvalue weighted by Crippen LogP contribution is 2.51. The van der Waals surface area contributed by atoms with E-state index in [1.807, 2.05) is 0 Å². The van der Waals surface area contributed by atoms with Crippen molar-refractivity contribution in [2.75, 3.05) is 0 Å². The molecule has 3 aromatic heterocycles. The number of hydrogen-bond donors (Lipinski definition) is 0. The summed E-state index contributed by atoms with van der Waals surface area (Å²) in [5.41, 5.74) is 7.45. The van der Waals surface area contributed by atoms with Crippen LogP contribution in [-0.4, -0.2) is 19.4 Å². The van der Waals surface area contributed by atoms with Crippen LogP contribution in [-0.2, 0) is 17.9 Å². The van der Waals surface area contributed by atoms with Gasteiger partial charge < -0.3 is 0 Å². The van der Waals surface area contributed by atoms with Gasteiger partial charge in [-0.15, -0.1) is 0 Å². The van der Waals surface area contributed by atoms with E-state index >= 15 is 0 Å². The number of aromatic nitrogens is 5. The zero-order valence-electron chi connectivity index (χ0n) is 18.4. The van der Waals surface area contributed by atoms with Crippen molar-refractivity contribution in [2.45, 2.75) is 45.4 Å². The Morgan fingerprint density at radius 3 is 2.40 bits per heavy atom. The molecule has 5 nitrogen and oxygen atoms in total. The lowest BCUT2D eigenvalue weighted by Crippen LogP contribution is -2.44. The van der Waals surface area contributed by atoms with Gasteiger partial charge in [-0.05, 0) is 24.6 Å². The number of imidazole rings is 1. The molecule has 0 saturated carbocycles. The largest absolute Gasteiger partial charge is 0.295 e. The Labute approximate surface area is 175 Å². The van der Waals surface area contributed by atoms with Crippen molar-refractivity contribution < 1.29 is 4.57 Å². The highest BCUT2D eigenvalue weighted by atomic mass is 15.5. The molecule has 4 heterocycles. The minimum atomic E-state index is -0.0692. The fourth-order valence-electron chi connectivity index (χ4n) is 5.38. The Bertz CT molecular complexity index is 1500. The van der Waals surface area contributed by atoms with Gasteiger partial charge in [-0.25, -0.2) is 4.57 Å². The van der Waals surface area contributed by atoms with Gasteiger partial charge in [0.15, 0.2) is 5.69 Å². The number of pyridine rings is 1. The molecule has 0 saturated heterocycles. The first-order chi connectivity index (χ1) is 14.2. The predicted octanol–water partition coefficient (Wildman–Crippen LogP) is 4.53. The third kappa shape index (κ3) is 1.86. The highest BCUT2D eigenvalue weighted by Gasteiger charge is 2.50. The smallest absolute Gasteiger partial charge is 0.232 e. The fourth-order valence-corrected chi connectivity index (χ4v) is 5.38. The van der Waals surface area contributed by atoms with E-state index in [-0.39, 0.29) is 10.8 Å². The maximum absolute atomic E-state index is 4.43. The molecule has 1 aliphatic heterocycles. The van der Waals surface area contributed by atoms with Gasteiger partial charge in [0.05, 0.1) is 30.5 Å². The zero-order chi connectivity index (χ0) is 21.0. The van der Waals surface area contributed by atoms with Gasteiger partial charge in [0.2, 0.25) is 0 Å². The first kappa shape index (κ1) is 17.6. The van der Waals surface area contributed by atoms with Crippen molar-refractivity contribution in [1.29, 1.82) is 0 Å². The second-order valence-corrected chi connectivity index (χ2v) is 9.74. The molecule has 0 atom stereocenters. The normalized spacial score (nSPS) is 16.9. The standard InChI is InChI=1S/C25H26N5/c1-15-8-7-9-17-18-12-16(30-26-10-11-27-30)13-19-22(18)29-20(25(4,5)24(19,2)3)14-28(6)23(29)21(15)17/h7-14H,1-6H3/q+1. The molecule has 150 valence electrons. The number of benzene rings is 2. The van der Waals surface area contributed by atoms with Crippen LogP contribution in [0.3, 0.4) is 0 Å². The molecule has 0 spiro atoms. The molecule has 0 N–H and O–H groups in total. The lowest BCUT2D eigenvalue weighted by Gasteiger charge is -2.43. The molecule has 0 radical (unpaired) electrons. The summed E-state index contributed by atoms with van der Waals surface area (Å²) in [5, 5.41) is 12.7. The van der Waals surface area contributed by atoms with Gasteiger partial charge in [0, 0.05) is 27.2 Å². The van der Waals surface area contributed by atoms with Crippen LogP contribution in [0.2, 0.25) is 0 Å². The Balaban J connectivity index is 1.98. The van der Waals surface area contributed by atoms with E-state index in [0.717, 1.165) is 5.69 Å². The van der Waals surface area contributed by atoms with E-state index in [9.17, 15) is 0 Å². The van der Waals surface area contributed by atoms with Crippen molar-refractivity contribution in [3.05, 3.63) is 65.7 Å². The average Bonchev–Trinajstić information content (AvgIpc) is 3.35. The molecule has 0 unspecified atom stereocenters. The van der Waals surface area contributed by atoms with E-state index in [0.29, 0.717) is 0 Å². The molecular weight excluding hydrogens is 370 g/mol. The summed E-state index contributed by atoms with van der Waals surface area (Å²) in [5.74, 6) is 0. The molecule has 30 heavy (non-hydrogen) atoms. The fraction of sp³-hybridized carbons (Fsp3) is 0.320. The van der Waals surface area contributed by atoms with Crippen LogP contribution in [0.5, 0.6) is 0 Å². The molecular formula is C25H26N5+. The summed E-state index contributed by atoms with van der Waals surface area (Å²) in [6, 6.07) is 11.2. The van der Waals surface area contributed by atoms with Gasteiger partial charge in [-0.2, -0.15) is 19.4 Å². The van der Waals surface area contributed by atoms with Crippen molar-refractivity contribution >= 4 is 27.3 Å². The SMILES string of the molecule is Cc1cccc2c3cc(-n4nccn4)cc4c3n3c(c[n+](C)c3c12)C(C)(C)C4(C)C. The maximum Gasteiger partial charge on any atom is 0.295 e. The van der Waals surface area contributed by atoms with E-state index in [1.165, 1.54) is 44.1 Å². The first-order valence-corrected chi connectivity index (χ1v) is 10.5. The number of hydrogen-bond acceptors (Lipinski definition) is 2. The van der Waals surface area contributed by atoms with Crippen LogP contribution in [0.4, 0.5) is 0 Å². The molecule has 0 aliphatic carbocycles. The van der Waals surface area contributed by atoms with E-state index < -0.39 is 0 Å². The average molecular weight is 397 g/mol. The molecule has 5 heteroatoms. The number of aryl methyl sites for hydroxylation is 2. The number of nitrogens with zero attached hydrogens (tertiary/aromatic N) is 5. The summed E-state index contributed by atoms with van der Waals surface area (Å²) in [6.45, 7) is 11.7. The highest BCUT2D eigenvalue weighted by molar-refractivity contribution is 6.14. The third-order valence-electron chi connectivity index (χ3n) is 7.73. The van der Waals surface area contributed by atoms with Crippen LogP contribution in [0.25, 0.3) is 33.0 Å². The van der Waals surface area contributed by atoms with Crippen LogP contribution >= 0.6 is 0 Å². The minimum absolute atomic E-state index is 0.0519. The Hall–Kier alpha value is -3.21.